The third kappa shape index (κ3) is 5.35. The monoisotopic (exact) mass is 470 g/mol. The van der Waals surface area contributed by atoms with Gasteiger partial charge in [-0.25, -0.2) is 19.6 Å². The summed E-state index contributed by atoms with van der Waals surface area (Å²) in [7, 11) is 0. The van der Waals surface area contributed by atoms with E-state index in [0.29, 0.717) is 23.1 Å². The van der Waals surface area contributed by atoms with E-state index in [4.69, 9.17) is 32.7 Å². The van der Waals surface area contributed by atoms with E-state index in [2.05, 4.69) is 9.97 Å². The predicted molar refractivity (Wildman–Crippen MR) is 117 cm³/mol. The number of hydrogen-bond acceptors (Lipinski definition) is 6. The third-order valence-corrected chi connectivity index (χ3v) is 4.93. The Balaban J connectivity index is 1.39. The van der Waals surface area contributed by atoms with Crippen LogP contribution in [0.15, 0.2) is 73.3 Å². The van der Waals surface area contributed by atoms with Gasteiger partial charge in [-0.15, -0.1) is 0 Å². The van der Waals surface area contributed by atoms with Gasteiger partial charge in [-0.1, -0.05) is 47.5 Å². The van der Waals surface area contributed by atoms with Crippen LogP contribution in [0.25, 0.3) is 0 Å². The van der Waals surface area contributed by atoms with E-state index in [9.17, 15) is 9.59 Å². The molecule has 4 aromatic rings. The quantitative estimate of drug-likeness (QED) is 0.312. The molecule has 162 valence electrons. The Hall–Kier alpha value is -3.62. The summed E-state index contributed by atoms with van der Waals surface area (Å²) in [5, 5.41) is 1.23. The Kier molecular flexibility index (Phi) is 6.53. The zero-order valence-corrected chi connectivity index (χ0v) is 18.0. The van der Waals surface area contributed by atoms with Gasteiger partial charge in [-0.3, -0.25) is 9.13 Å². The van der Waals surface area contributed by atoms with Crippen LogP contribution in [0, 0.1) is 0 Å². The molecule has 0 unspecified atom stereocenters. The summed E-state index contributed by atoms with van der Waals surface area (Å²) in [6.07, 6.45) is 6.17. The number of hydrogen-bond donors (Lipinski definition) is 0. The Morgan fingerprint density at radius 2 is 1.06 bits per heavy atom. The summed E-state index contributed by atoms with van der Waals surface area (Å²) in [5.74, 6) is -2.43. The normalized spacial score (nSPS) is 10.7. The molecule has 0 fully saturated rings. The first-order chi connectivity index (χ1) is 15.5. The van der Waals surface area contributed by atoms with Crippen LogP contribution >= 0.6 is 23.2 Å². The number of halogens is 2. The second kappa shape index (κ2) is 9.67. The average molecular weight is 471 g/mol. The number of carbonyl (C=O) groups excluding carboxylic acids is 2. The Morgan fingerprint density at radius 3 is 1.44 bits per heavy atom. The summed E-state index contributed by atoms with van der Waals surface area (Å²) < 4.78 is 13.4. The van der Waals surface area contributed by atoms with Crippen LogP contribution in [-0.2, 0) is 22.7 Å². The van der Waals surface area contributed by atoms with Crippen LogP contribution in [0.1, 0.15) is 11.1 Å². The maximum Gasteiger partial charge on any atom is 0.425 e. The number of imidazole rings is 2. The summed E-state index contributed by atoms with van der Waals surface area (Å²) in [6.45, 7) is 0.751. The number of benzene rings is 2. The molecule has 0 bridgehead atoms. The average Bonchev–Trinajstić information content (AvgIpc) is 3.40. The molecule has 0 amide bonds. The van der Waals surface area contributed by atoms with Crippen molar-refractivity contribution < 1.29 is 19.1 Å². The van der Waals surface area contributed by atoms with Gasteiger partial charge in [0.25, 0.3) is 0 Å². The van der Waals surface area contributed by atoms with Gasteiger partial charge in [0.1, 0.15) is 0 Å². The molecule has 0 saturated carbocycles. The van der Waals surface area contributed by atoms with Crippen LogP contribution in [-0.4, -0.2) is 31.0 Å². The fourth-order valence-electron chi connectivity index (χ4n) is 2.86. The molecular weight excluding hydrogens is 455 g/mol. The minimum absolute atomic E-state index is 0.0357. The van der Waals surface area contributed by atoms with E-state index in [0.717, 1.165) is 11.1 Å². The van der Waals surface area contributed by atoms with Crippen LogP contribution in [0.2, 0.25) is 10.0 Å². The predicted octanol–water partition coefficient (Wildman–Crippen LogP) is 3.99. The Morgan fingerprint density at radius 1 is 0.688 bits per heavy atom. The van der Waals surface area contributed by atoms with E-state index in [-0.39, 0.29) is 12.0 Å². The van der Waals surface area contributed by atoms with Gasteiger partial charge in [0.2, 0.25) is 0 Å². The van der Waals surface area contributed by atoms with Gasteiger partial charge >= 0.3 is 24.0 Å². The van der Waals surface area contributed by atoms with Crippen molar-refractivity contribution in [3.05, 3.63) is 94.5 Å². The third-order valence-electron chi connectivity index (χ3n) is 4.42. The molecule has 0 N–H and O–H groups in total. The first kappa shape index (κ1) is 21.6. The van der Waals surface area contributed by atoms with Gasteiger partial charge < -0.3 is 9.47 Å². The summed E-state index contributed by atoms with van der Waals surface area (Å²) >= 11 is 11.8. The molecule has 0 saturated heterocycles. The van der Waals surface area contributed by atoms with Crippen molar-refractivity contribution in [1.29, 1.82) is 0 Å². The Bertz CT molecular complexity index is 1140. The zero-order chi connectivity index (χ0) is 22.5. The molecule has 2 aromatic heterocycles. The van der Waals surface area contributed by atoms with Crippen molar-refractivity contribution >= 4 is 35.1 Å². The van der Waals surface area contributed by atoms with Crippen molar-refractivity contribution in [2.75, 3.05) is 0 Å². The molecule has 0 radical (unpaired) electrons. The minimum Gasteiger partial charge on any atom is -0.383 e. The number of nitrogens with zero attached hydrogens (tertiary/aromatic N) is 4. The van der Waals surface area contributed by atoms with Gasteiger partial charge in [0.05, 0.1) is 13.1 Å². The van der Waals surface area contributed by atoms with Crippen LogP contribution < -0.4 is 9.47 Å². The van der Waals surface area contributed by atoms with Gasteiger partial charge in [-0.05, 0) is 35.4 Å². The number of aromatic nitrogens is 4. The smallest absolute Gasteiger partial charge is 0.383 e. The van der Waals surface area contributed by atoms with Crippen molar-refractivity contribution in [2.45, 2.75) is 13.1 Å². The van der Waals surface area contributed by atoms with Crippen molar-refractivity contribution in [3.63, 3.8) is 0 Å². The molecule has 4 rings (SSSR count). The molecule has 0 aliphatic heterocycles. The number of rotatable bonds is 6. The molecule has 32 heavy (non-hydrogen) atoms. The molecule has 0 aliphatic carbocycles. The molecule has 2 heterocycles. The standard InChI is InChI=1S/C22H16Cl2N4O4/c23-17-5-1-15(2-6-17)13-27-11-9-25-21(27)31-19(29)20(30)32-22-26-10-12-28(22)14-16-3-7-18(24)8-4-16/h1-12H,13-14H2. The number of esters is 2. The maximum atomic E-state index is 12.3. The van der Waals surface area contributed by atoms with Gasteiger partial charge in [-0.2, -0.15) is 0 Å². The highest BCUT2D eigenvalue weighted by Crippen LogP contribution is 2.16. The lowest BCUT2D eigenvalue weighted by Crippen LogP contribution is -2.27. The Labute approximate surface area is 192 Å². The fraction of sp³-hybridized carbons (Fsp3) is 0.0909. The number of ether oxygens (including phenoxy) is 2. The first-order valence-electron chi connectivity index (χ1n) is 9.43. The molecule has 0 spiro atoms. The SMILES string of the molecule is O=C(Oc1nccn1Cc1ccc(Cl)cc1)C(=O)Oc1nccn1Cc1ccc(Cl)cc1. The molecule has 0 atom stereocenters. The lowest BCUT2D eigenvalue weighted by atomic mass is 10.2. The lowest BCUT2D eigenvalue weighted by Gasteiger charge is -2.09. The zero-order valence-electron chi connectivity index (χ0n) is 16.5. The van der Waals surface area contributed by atoms with Crippen molar-refractivity contribution in [1.82, 2.24) is 19.1 Å². The van der Waals surface area contributed by atoms with Crippen LogP contribution in [0.3, 0.4) is 0 Å². The highest BCUT2D eigenvalue weighted by molar-refractivity contribution is 6.31. The molecular formula is C22H16Cl2N4O4. The highest BCUT2D eigenvalue weighted by atomic mass is 35.5. The van der Waals surface area contributed by atoms with E-state index >= 15 is 0 Å². The van der Waals surface area contributed by atoms with Gasteiger partial charge in [0, 0.05) is 34.8 Å². The van der Waals surface area contributed by atoms with Crippen molar-refractivity contribution in [3.8, 4) is 12.0 Å². The summed E-state index contributed by atoms with van der Waals surface area (Å²) in [4.78, 5) is 32.5. The second-order valence-corrected chi connectivity index (χ2v) is 7.58. The molecule has 8 nitrogen and oxygen atoms in total. The van der Waals surface area contributed by atoms with E-state index in [1.807, 2.05) is 24.3 Å². The van der Waals surface area contributed by atoms with Crippen LogP contribution in [0.5, 0.6) is 12.0 Å². The maximum absolute atomic E-state index is 12.3. The summed E-state index contributed by atoms with van der Waals surface area (Å²) in [6, 6.07) is 14.3. The largest absolute Gasteiger partial charge is 0.425 e. The highest BCUT2D eigenvalue weighted by Gasteiger charge is 2.23. The second-order valence-electron chi connectivity index (χ2n) is 6.71. The van der Waals surface area contributed by atoms with E-state index in [1.54, 1.807) is 45.8 Å². The topological polar surface area (TPSA) is 88.2 Å². The van der Waals surface area contributed by atoms with E-state index in [1.165, 1.54) is 12.4 Å². The van der Waals surface area contributed by atoms with Crippen molar-refractivity contribution in [2.24, 2.45) is 0 Å². The van der Waals surface area contributed by atoms with Crippen LogP contribution in [0.4, 0.5) is 0 Å². The summed E-state index contributed by atoms with van der Waals surface area (Å²) in [5.41, 5.74) is 1.83. The fourth-order valence-corrected chi connectivity index (χ4v) is 3.12. The van der Waals surface area contributed by atoms with E-state index < -0.39 is 11.9 Å². The minimum atomic E-state index is -1.21. The van der Waals surface area contributed by atoms with Gasteiger partial charge in [0.15, 0.2) is 0 Å². The molecule has 0 aliphatic rings. The number of carbonyl (C=O) groups is 2. The lowest BCUT2D eigenvalue weighted by molar-refractivity contribution is -0.157. The molecule has 2 aromatic carbocycles. The first-order valence-corrected chi connectivity index (χ1v) is 10.2. The molecule has 10 heteroatoms.